The van der Waals surface area contributed by atoms with Crippen molar-refractivity contribution >= 4 is 6.72 Å². The topological polar surface area (TPSA) is 33.6 Å². The molecule has 1 N–H and O–H groups in total. The van der Waals surface area contributed by atoms with Crippen LogP contribution < -0.4 is 5.32 Å². The fourth-order valence-electron chi connectivity index (χ4n) is 0.606. The van der Waals surface area contributed by atoms with Crippen LogP contribution in [0.15, 0.2) is 17.1 Å². The smallest absolute Gasteiger partial charge is 0.140 e. The van der Waals surface area contributed by atoms with E-state index in [9.17, 15) is 0 Å². The minimum absolute atomic E-state index is 0.421. The molecule has 0 rings (SSSR count). The molecular formula is C7H14N2O. The van der Waals surface area contributed by atoms with Gasteiger partial charge in [-0.05, 0) is 20.8 Å². The van der Waals surface area contributed by atoms with Crippen LogP contribution in [0.4, 0.5) is 0 Å². The van der Waals surface area contributed by atoms with Gasteiger partial charge in [0, 0.05) is 18.5 Å². The van der Waals surface area contributed by atoms with Crippen LogP contribution >= 0.6 is 0 Å². The van der Waals surface area contributed by atoms with Crippen molar-refractivity contribution in [2.24, 2.45) is 5.16 Å². The molecule has 0 aromatic heterocycles. The van der Waals surface area contributed by atoms with E-state index in [4.69, 9.17) is 0 Å². The van der Waals surface area contributed by atoms with Crippen molar-refractivity contribution in [2.45, 2.75) is 26.8 Å². The molecule has 58 valence electrons. The highest BCUT2D eigenvalue weighted by Gasteiger charge is 1.90. The van der Waals surface area contributed by atoms with Crippen molar-refractivity contribution in [2.75, 3.05) is 0 Å². The highest BCUT2D eigenvalue weighted by molar-refractivity contribution is 5.21. The Morgan fingerprint density at radius 1 is 1.70 bits per heavy atom. The Labute approximate surface area is 61.8 Å². The molecule has 0 fully saturated rings. The molecule has 0 aliphatic heterocycles. The molecule has 0 unspecified atom stereocenters. The van der Waals surface area contributed by atoms with Crippen LogP contribution in [0, 0.1) is 0 Å². The lowest BCUT2D eigenvalue weighted by Gasteiger charge is -2.07. The Kier molecular flexibility index (Phi) is 4.37. The van der Waals surface area contributed by atoms with E-state index >= 15 is 0 Å². The minimum atomic E-state index is 0.421. The van der Waals surface area contributed by atoms with Crippen LogP contribution in [0.25, 0.3) is 0 Å². The quantitative estimate of drug-likeness (QED) is 0.366. The highest BCUT2D eigenvalue weighted by Crippen LogP contribution is 1.90. The predicted molar refractivity (Wildman–Crippen MR) is 42.7 cm³/mol. The van der Waals surface area contributed by atoms with Gasteiger partial charge in [-0.3, -0.25) is 0 Å². The van der Waals surface area contributed by atoms with E-state index in [2.05, 4.69) is 35.9 Å². The van der Waals surface area contributed by atoms with Crippen LogP contribution in [-0.4, -0.2) is 12.8 Å². The number of nitrogens with zero attached hydrogens (tertiary/aromatic N) is 1. The van der Waals surface area contributed by atoms with Gasteiger partial charge in [0.15, 0.2) is 0 Å². The van der Waals surface area contributed by atoms with E-state index in [1.807, 2.05) is 6.92 Å². The summed E-state index contributed by atoms with van der Waals surface area (Å²) in [5.74, 6) is 0. The third kappa shape index (κ3) is 5.15. The first-order chi connectivity index (χ1) is 4.66. The lowest BCUT2D eigenvalue weighted by atomic mass is 10.4. The summed E-state index contributed by atoms with van der Waals surface area (Å²) in [6.45, 7) is 9.18. The zero-order valence-electron chi connectivity index (χ0n) is 6.72. The van der Waals surface area contributed by atoms with Crippen molar-refractivity contribution in [1.82, 2.24) is 5.32 Å². The number of rotatable bonds is 4. The van der Waals surface area contributed by atoms with E-state index in [-0.39, 0.29) is 0 Å². The molecule has 0 radical (unpaired) electrons. The molecular weight excluding hydrogens is 128 g/mol. The SMILES string of the molecule is C=NO/C=C(\C)NC(C)C. The zero-order chi connectivity index (χ0) is 7.98. The molecule has 0 saturated carbocycles. The number of hydrogen-bond donors (Lipinski definition) is 1. The second kappa shape index (κ2) is 4.85. The first kappa shape index (κ1) is 9.01. The summed E-state index contributed by atoms with van der Waals surface area (Å²) in [6, 6.07) is 0.421. The molecule has 0 heterocycles. The van der Waals surface area contributed by atoms with E-state index in [0.29, 0.717) is 6.04 Å². The summed E-state index contributed by atoms with van der Waals surface area (Å²) in [5, 5.41) is 6.34. The molecule has 0 atom stereocenters. The van der Waals surface area contributed by atoms with Gasteiger partial charge >= 0.3 is 0 Å². The lowest BCUT2D eigenvalue weighted by molar-refractivity contribution is 0.266. The molecule has 10 heavy (non-hydrogen) atoms. The van der Waals surface area contributed by atoms with Crippen LogP contribution in [-0.2, 0) is 4.84 Å². The number of nitrogens with one attached hydrogen (secondary N) is 1. The standard InChI is InChI=1S/C7H14N2O/c1-6(2)9-7(3)5-10-8-4/h5-6,9H,4H2,1-3H3/b7-5+. The van der Waals surface area contributed by atoms with Crippen LogP contribution in [0.1, 0.15) is 20.8 Å². The number of oxime groups is 1. The Bertz CT molecular complexity index is 130. The molecule has 0 aromatic carbocycles. The van der Waals surface area contributed by atoms with Gasteiger partial charge in [0.2, 0.25) is 0 Å². The summed E-state index contributed by atoms with van der Waals surface area (Å²) in [4.78, 5) is 4.59. The molecule has 0 aromatic rings. The zero-order valence-corrected chi connectivity index (χ0v) is 6.72. The van der Waals surface area contributed by atoms with E-state index in [1.54, 1.807) is 0 Å². The van der Waals surface area contributed by atoms with Gasteiger partial charge in [-0.1, -0.05) is 5.16 Å². The highest BCUT2D eigenvalue weighted by atomic mass is 16.6. The van der Waals surface area contributed by atoms with Gasteiger partial charge < -0.3 is 10.2 Å². The predicted octanol–water partition coefficient (Wildman–Crippen LogP) is 1.48. The van der Waals surface area contributed by atoms with Crippen LogP contribution in [0.5, 0.6) is 0 Å². The second-order valence-electron chi connectivity index (χ2n) is 2.33. The molecule has 3 nitrogen and oxygen atoms in total. The maximum Gasteiger partial charge on any atom is 0.140 e. The monoisotopic (exact) mass is 142 g/mol. The summed E-state index contributed by atoms with van der Waals surface area (Å²) in [7, 11) is 0. The third-order valence-corrected chi connectivity index (χ3v) is 0.820. The van der Waals surface area contributed by atoms with E-state index in [0.717, 1.165) is 5.70 Å². The summed E-state index contributed by atoms with van der Waals surface area (Å²) in [6.07, 6.45) is 1.52. The fourth-order valence-corrected chi connectivity index (χ4v) is 0.606. The normalized spacial score (nSPS) is 11.4. The van der Waals surface area contributed by atoms with Crippen molar-refractivity contribution in [3.05, 3.63) is 12.0 Å². The molecule has 0 bridgehead atoms. The number of hydrogen-bond acceptors (Lipinski definition) is 3. The first-order valence-electron chi connectivity index (χ1n) is 3.22. The van der Waals surface area contributed by atoms with Gasteiger partial charge in [0.25, 0.3) is 0 Å². The fraction of sp³-hybridized carbons (Fsp3) is 0.571. The van der Waals surface area contributed by atoms with Gasteiger partial charge in [0.05, 0.1) is 0 Å². The Morgan fingerprint density at radius 3 is 2.70 bits per heavy atom. The van der Waals surface area contributed by atoms with Crippen molar-refractivity contribution in [1.29, 1.82) is 0 Å². The van der Waals surface area contributed by atoms with Gasteiger partial charge in [-0.25, -0.2) is 0 Å². The Balaban J connectivity index is 3.59. The lowest BCUT2D eigenvalue weighted by Crippen LogP contribution is -2.20. The summed E-state index contributed by atoms with van der Waals surface area (Å²) < 4.78 is 0. The maximum atomic E-state index is 4.59. The average Bonchev–Trinajstić information content (AvgIpc) is 1.82. The molecule has 0 saturated heterocycles. The van der Waals surface area contributed by atoms with Crippen LogP contribution in [0.2, 0.25) is 0 Å². The first-order valence-corrected chi connectivity index (χ1v) is 3.22. The van der Waals surface area contributed by atoms with Crippen LogP contribution in [0.3, 0.4) is 0 Å². The molecule has 0 spiro atoms. The van der Waals surface area contributed by atoms with Crippen molar-refractivity contribution < 1.29 is 4.84 Å². The summed E-state index contributed by atoms with van der Waals surface area (Å²) >= 11 is 0. The number of allylic oxidation sites excluding steroid dienone is 1. The Hall–Kier alpha value is -0.990. The summed E-state index contributed by atoms with van der Waals surface area (Å²) in [5.41, 5.74) is 0.947. The average molecular weight is 142 g/mol. The van der Waals surface area contributed by atoms with Gasteiger partial charge in [-0.2, -0.15) is 0 Å². The maximum absolute atomic E-state index is 4.59. The molecule has 0 amide bonds. The van der Waals surface area contributed by atoms with E-state index in [1.165, 1.54) is 6.26 Å². The molecule has 0 aliphatic carbocycles. The molecule has 0 aliphatic rings. The van der Waals surface area contributed by atoms with Gasteiger partial charge in [-0.15, -0.1) is 0 Å². The van der Waals surface area contributed by atoms with Gasteiger partial charge in [0.1, 0.15) is 6.26 Å². The van der Waals surface area contributed by atoms with Crippen molar-refractivity contribution in [3.63, 3.8) is 0 Å². The molecule has 3 heteroatoms. The Morgan fingerprint density at radius 2 is 2.30 bits per heavy atom. The largest absolute Gasteiger partial charge is 0.384 e. The third-order valence-electron chi connectivity index (χ3n) is 0.820. The second-order valence-corrected chi connectivity index (χ2v) is 2.33. The minimum Gasteiger partial charge on any atom is -0.384 e. The van der Waals surface area contributed by atoms with Crippen molar-refractivity contribution in [3.8, 4) is 0 Å². The van der Waals surface area contributed by atoms with E-state index < -0.39 is 0 Å².